The predicted octanol–water partition coefficient (Wildman–Crippen LogP) is 1.54. The van der Waals surface area contributed by atoms with Gasteiger partial charge in [-0.1, -0.05) is 12.1 Å². The van der Waals surface area contributed by atoms with Gasteiger partial charge in [0.2, 0.25) is 5.91 Å². The van der Waals surface area contributed by atoms with Gasteiger partial charge in [-0.3, -0.25) is 9.48 Å². The van der Waals surface area contributed by atoms with Crippen LogP contribution < -0.4 is 14.8 Å². The summed E-state index contributed by atoms with van der Waals surface area (Å²) in [7, 11) is 0. The van der Waals surface area contributed by atoms with Crippen molar-refractivity contribution in [1.29, 1.82) is 0 Å². The summed E-state index contributed by atoms with van der Waals surface area (Å²) >= 11 is 0. The van der Waals surface area contributed by atoms with Crippen molar-refractivity contribution in [3.63, 3.8) is 0 Å². The number of benzene rings is 1. The molecular formula is C16H19N3O3. The fraction of sp³-hybridized carbons (Fsp3) is 0.375. The first kappa shape index (κ1) is 14.4. The molecule has 0 aliphatic carbocycles. The molecule has 0 bridgehead atoms. The zero-order valence-electron chi connectivity index (χ0n) is 12.7. The number of aromatic nitrogens is 2. The van der Waals surface area contributed by atoms with Gasteiger partial charge in [-0.05, 0) is 32.0 Å². The Morgan fingerprint density at radius 3 is 2.91 bits per heavy atom. The van der Waals surface area contributed by atoms with E-state index >= 15 is 0 Å². The number of nitrogens with zero attached hydrogens (tertiary/aromatic N) is 2. The van der Waals surface area contributed by atoms with Gasteiger partial charge < -0.3 is 14.8 Å². The molecule has 2 atom stereocenters. The van der Waals surface area contributed by atoms with Gasteiger partial charge in [0.25, 0.3) is 0 Å². The lowest BCUT2D eigenvalue weighted by molar-refractivity contribution is -0.123. The summed E-state index contributed by atoms with van der Waals surface area (Å²) in [5.74, 6) is 1.35. The van der Waals surface area contributed by atoms with Gasteiger partial charge >= 0.3 is 0 Å². The fourth-order valence-electron chi connectivity index (χ4n) is 2.37. The van der Waals surface area contributed by atoms with Crippen LogP contribution in [0.2, 0.25) is 0 Å². The third kappa shape index (κ3) is 3.21. The second-order valence-corrected chi connectivity index (χ2v) is 5.42. The summed E-state index contributed by atoms with van der Waals surface area (Å²) in [6.45, 7) is 4.41. The van der Waals surface area contributed by atoms with E-state index in [-0.39, 0.29) is 24.6 Å². The lowest BCUT2D eigenvalue weighted by Crippen LogP contribution is -2.48. The topological polar surface area (TPSA) is 65.4 Å². The number of aryl methyl sites for hydroxylation is 1. The number of hydrogen-bond acceptors (Lipinski definition) is 4. The molecule has 22 heavy (non-hydrogen) atoms. The molecular weight excluding hydrogens is 282 g/mol. The summed E-state index contributed by atoms with van der Waals surface area (Å²) in [5, 5.41) is 7.13. The summed E-state index contributed by atoms with van der Waals surface area (Å²) in [4.78, 5) is 12.1. The molecule has 0 spiro atoms. The molecule has 0 unspecified atom stereocenters. The minimum atomic E-state index is -0.210. The maximum atomic E-state index is 12.1. The van der Waals surface area contributed by atoms with Crippen LogP contribution >= 0.6 is 0 Å². The molecule has 3 rings (SSSR count). The molecule has 0 radical (unpaired) electrons. The maximum Gasteiger partial charge on any atom is 0.242 e. The first-order valence-corrected chi connectivity index (χ1v) is 7.30. The molecule has 1 aromatic heterocycles. The average molecular weight is 301 g/mol. The lowest BCUT2D eigenvalue weighted by Gasteiger charge is -2.30. The van der Waals surface area contributed by atoms with Crippen LogP contribution in [0.4, 0.5) is 0 Å². The van der Waals surface area contributed by atoms with E-state index in [1.54, 1.807) is 10.9 Å². The average Bonchev–Trinajstić information content (AvgIpc) is 2.91. The molecule has 1 aliphatic rings. The van der Waals surface area contributed by atoms with Gasteiger partial charge in [-0.25, -0.2) is 0 Å². The van der Waals surface area contributed by atoms with Crippen LogP contribution in [-0.2, 0) is 11.3 Å². The van der Waals surface area contributed by atoms with Crippen molar-refractivity contribution < 1.29 is 14.3 Å². The molecule has 0 saturated carbocycles. The standard InChI is InChI=1S/C16H19N3O3/c1-11-7-8-19(18-11)9-16(20)17-12(2)15-10-21-13-5-3-4-6-14(13)22-15/h3-8,12,15H,9-10H2,1-2H3,(H,17,20)/t12-,15-/m1/s1. The Hall–Kier alpha value is -2.50. The summed E-state index contributed by atoms with van der Waals surface area (Å²) < 4.78 is 13.2. The number of rotatable bonds is 4. The number of hydrogen-bond donors (Lipinski definition) is 1. The third-order valence-electron chi connectivity index (χ3n) is 3.56. The monoisotopic (exact) mass is 301 g/mol. The Bertz CT molecular complexity index is 668. The van der Waals surface area contributed by atoms with E-state index in [0.29, 0.717) is 12.4 Å². The molecule has 0 saturated heterocycles. The Kier molecular flexibility index (Phi) is 4.00. The quantitative estimate of drug-likeness (QED) is 0.930. The number of fused-ring (bicyclic) bond motifs is 1. The number of amides is 1. The second-order valence-electron chi connectivity index (χ2n) is 5.42. The molecule has 1 aromatic carbocycles. The second kappa shape index (κ2) is 6.09. The summed E-state index contributed by atoms with van der Waals surface area (Å²) in [6.07, 6.45) is 1.58. The summed E-state index contributed by atoms with van der Waals surface area (Å²) in [6, 6.07) is 9.24. The maximum absolute atomic E-state index is 12.1. The number of ether oxygens (including phenoxy) is 2. The highest BCUT2D eigenvalue weighted by atomic mass is 16.6. The smallest absolute Gasteiger partial charge is 0.242 e. The van der Waals surface area contributed by atoms with Crippen LogP contribution in [0.15, 0.2) is 36.5 Å². The minimum Gasteiger partial charge on any atom is -0.486 e. The number of carbonyl (C=O) groups excluding carboxylic acids is 1. The van der Waals surface area contributed by atoms with Crippen LogP contribution in [0.3, 0.4) is 0 Å². The molecule has 1 N–H and O–H groups in total. The van der Waals surface area contributed by atoms with Gasteiger partial charge in [-0.15, -0.1) is 0 Å². The molecule has 6 nitrogen and oxygen atoms in total. The van der Waals surface area contributed by atoms with Crippen LogP contribution in [0.1, 0.15) is 12.6 Å². The van der Waals surface area contributed by atoms with E-state index < -0.39 is 0 Å². The predicted molar refractivity (Wildman–Crippen MR) is 80.9 cm³/mol. The summed E-state index contributed by atoms with van der Waals surface area (Å²) in [5.41, 5.74) is 0.890. The normalized spacial score (nSPS) is 17.8. The number of nitrogens with one attached hydrogen (secondary N) is 1. The first-order chi connectivity index (χ1) is 10.6. The Morgan fingerprint density at radius 1 is 1.41 bits per heavy atom. The van der Waals surface area contributed by atoms with Crippen LogP contribution in [-0.4, -0.2) is 34.4 Å². The van der Waals surface area contributed by atoms with E-state index in [4.69, 9.17) is 9.47 Å². The molecule has 116 valence electrons. The SMILES string of the molecule is Cc1ccn(CC(=O)N[C@H](C)[C@H]2COc3ccccc3O2)n1. The van der Waals surface area contributed by atoms with Crippen molar-refractivity contribution in [1.82, 2.24) is 15.1 Å². The molecule has 2 heterocycles. The highest BCUT2D eigenvalue weighted by Gasteiger charge is 2.27. The van der Waals surface area contributed by atoms with Crippen LogP contribution in [0.25, 0.3) is 0 Å². The Balaban J connectivity index is 1.56. The highest BCUT2D eigenvalue weighted by Crippen LogP contribution is 2.31. The molecule has 1 amide bonds. The van der Waals surface area contributed by atoms with E-state index in [2.05, 4.69) is 10.4 Å². The highest BCUT2D eigenvalue weighted by molar-refractivity contribution is 5.76. The number of para-hydroxylation sites is 2. The first-order valence-electron chi connectivity index (χ1n) is 7.30. The van der Waals surface area contributed by atoms with Gasteiger partial charge in [0.1, 0.15) is 13.2 Å². The lowest BCUT2D eigenvalue weighted by atomic mass is 10.1. The van der Waals surface area contributed by atoms with E-state index in [1.807, 2.05) is 44.2 Å². The van der Waals surface area contributed by atoms with Crippen molar-refractivity contribution >= 4 is 5.91 Å². The molecule has 1 aliphatic heterocycles. The van der Waals surface area contributed by atoms with Gasteiger partial charge in [-0.2, -0.15) is 5.10 Å². The molecule has 6 heteroatoms. The van der Waals surface area contributed by atoms with Crippen molar-refractivity contribution in [2.24, 2.45) is 0 Å². The van der Waals surface area contributed by atoms with Crippen LogP contribution in [0.5, 0.6) is 11.5 Å². The minimum absolute atomic E-state index is 0.0990. The van der Waals surface area contributed by atoms with Crippen LogP contribution in [0, 0.1) is 6.92 Å². The Morgan fingerprint density at radius 2 is 2.18 bits per heavy atom. The zero-order valence-corrected chi connectivity index (χ0v) is 12.7. The fourth-order valence-corrected chi connectivity index (χ4v) is 2.37. The van der Waals surface area contributed by atoms with Gasteiger partial charge in [0.15, 0.2) is 17.6 Å². The zero-order chi connectivity index (χ0) is 15.5. The third-order valence-corrected chi connectivity index (χ3v) is 3.56. The van der Waals surface area contributed by atoms with Crippen molar-refractivity contribution in [3.05, 3.63) is 42.2 Å². The van der Waals surface area contributed by atoms with E-state index in [9.17, 15) is 4.79 Å². The van der Waals surface area contributed by atoms with Gasteiger partial charge in [0.05, 0.1) is 11.7 Å². The Labute approximate surface area is 129 Å². The van der Waals surface area contributed by atoms with Crippen molar-refractivity contribution in [3.8, 4) is 11.5 Å². The van der Waals surface area contributed by atoms with Crippen molar-refractivity contribution in [2.45, 2.75) is 32.5 Å². The largest absolute Gasteiger partial charge is 0.486 e. The van der Waals surface area contributed by atoms with Gasteiger partial charge in [0, 0.05) is 6.20 Å². The molecule has 0 fully saturated rings. The van der Waals surface area contributed by atoms with E-state index in [0.717, 1.165) is 11.4 Å². The van der Waals surface area contributed by atoms with Crippen molar-refractivity contribution in [2.75, 3.05) is 6.61 Å². The number of carbonyl (C=O) groups is 1. The molecule has 2 aromatic rings. The van der Waals surface area contributed by atoms with E-state index in [1.165, 1.54) is 0 Å².